The van der Waals surface area contributed by atoms with Crippen LogP contribution in [-0.2, 0) is 14.4 Å². The molecule has 2 atom stereocenters. The molecule has 1 fully saturated rings. The fraction of sp³-hybridized carbons (Fsp3) is 0.583. The van der Waals surface area contributed by atoms with Gasteiger partial charge < -0.3 is 15.7 Å². The van der Waals surface area contributed by atoms with E-state index in [1.165, 1.54) is 0 Å². The summed E-state index contributed by atoms with van der Waals surface area (Å²) in [6.07, 6.45) is 4.15. The van der Waals surface area contributed by atoms with E-state index in [0.717, 1.165) is 0 Å². The van der Waals surface area contributed by atoms with Crippen molar-refractivity contribution in [3.05, 3.63) is 12.7 Å². The van der Waals surface area contributed by atoms with E-state index >= 15 is 0 Å². The summed E-state index contributed by atoms with van der Waals surface area (Å²) in [6.45, 7) is 3.55. The van der Waals surface area contributed by atoms with Gasteiger partial charge >= 0.3 is 5.97 Å². The summed E-state index contributed by atoms with van der Waals surface area (Å²) >= 11 is 0. The number of amides is 2. The quantitative estimate of drug-likeness (QED) is 0.446. The normalized spacial score (nSPS) is 20.0. The summed E-state index contributed by atoms with van der Waals surface area (Å²) < 4.78 is 0. The van der Waals surface area contributed by atoms with E-state index in [0.29, 0.717) is 32.1 Å². The van der Waals surface area contributed by atoms with Gasteiger partial charge in [-0.3, -0.25) is 9.59 Å². The van der Waals surface area contributed by atoms with Crippen molar-refractivity contribution in [1.29, 1.82) is 0 Å². The topological polar surface area (TPSA) is 95.5 Å². The van der Waals surface area contributed by atoms with Crippen LogP contribution in [0.5, 0.6) is 0 Å². The highest BCUT2D eigenvalue weighted by Crippen LogP contribution is 2.08. The Labute approximate surface area is 105 Å². The maximum absolute atomic E-state index is 11.7. The molecule has 6 nitrogen and oxygen atoms in total. The Bertz CT molecular complexity index is 354. The zero-order chi connectivity index (χ0) is 13.5. The van der Waals surface area contributed by atoms with E-state index in [4.69, 9.17) is 5.11 Å². The standard InChI is InChI=1S/C12H18N2O4/c1-2-3-4-5-9(12(17)18)14-11(16)8-6-7-10(15)13-8/h2,8-9H,1,3-7H2,(H,13,15)(H,14,16)(H,17,18)/t8-,9+/m0/s1. The largest absolute Gasteiger partial charge is 0.480 e. The monoisotopic (exact) mass is 254 g/mol. The second-order valence-corrected chi connectivity index (χ2v) is 4.28. The minimum atomic E-state index is -1.06. The van der Waals surface area contributed by atoms with Crippen LogP contribution in [0.15, 0.2) is 12.7 Å². The second kappa shape index (κ2) is 6.78. The van der Waals surface area contributed by atoms with Gasteiger partial charge in [-0.2, -0.15) is 0 Å². The van der Waals surface area contributed by atoms with E-state index < -0.39 is 24.0 Å². The molecule has 0 spiro atoms. The van der Waals surface area contributed by atoms with Crippen molar-refractivity contribution >= 4 is 17.8 Å². The lowest BCUT2D eigenvalue weighted by atomic mass is 10.1. The van der Waals surface area contributed by atoms with E-state index in [2.05, 4.69) is 17.2 Å². The average Bonchev–Trinajstić information content (AvgIpc) is 2.74. The average molecular weight is 254 g/mol. The number of aliphatic carboxylic acids is 1. The van der Waals surface area contributed by atoms with Gasteiger partial charge in [0.2, 0.25) is 11.8 Å². The van der Waals surface area contributed by atoms with Crippen LogP contribution in [0.25, 0.3) is 0 Å². The van der Waals surface area contributed by atoms with Crippen LogP contribution in [-0.4, -0.2) is 35.0 Å². The zero-order valence-corrected chi connectivity index (χ0v) is 10.1. The van der Waals surface area contributed by atoms with Crippen molar-refractivity contribution in [2.45, 2.75) is 44.2 Å². The van der Waals surface area contributed by atoms with Gasteiger partial charge in [-0.1, -0.05) is 6.08 Å². The van der Waals surface area contributed by atoms with Crippen LogP contribution >= 0.6 is 0 Å². The lowest BCUT2D eigenvalue weighted by Gasteiger charge is -2.17. The molecule has 3 N–H and O–H groups in total. The Kier molecular flexibility index (Phi) is 5.35. The van der Waals surface area contributed by atoms with Gasteiger partial charge in [0.25, 0.3) is 0 Å². The highest BCUT2D eigenvalue weighted by Gasteiger charge is 2.29. The maximum Gasteiger partial charge on any atom is 0.326 e. The van der Waals surface area contributed by atoms with E-state index in [-0.39, 0.29) is 5.91 Å². The van der Waals surface area contributed by atoms with Crippen molar-refractivity contribution < 1.29 is 19.5 Å². The summed E-state index contributed by atoms with van der Waals surface area (Å²) in [5.41, 5.74) is 0. The predicted molar refractivity (Wildman–Crippen MR) is 64.8 cm³/mol. The van der Waals surface area contributed by atoms with Crippen molar-refractivity contribution in [2.24, 2.45) is 0 Å². The van der Waals surface area contributed by atoms with Crippen molar-refractivity contribution in [3.8, 4) is 0 Å². The number of carbonyl (C=O) groups excluding carboxylic acids is 2. The number of hydrogen-bond acceptors (Lipinski definition) is 3. The fourth-order valence-electron chi connectivity index (χ4n) is 1.81. The minimum Gasteiger partial charge on any atom is -0.480 e. The first-order valence-electron chi connectivity index (χ1n) is 5.98. The lowest BCUT2D eigenvalue weighted by molar-refractivity contribution is -0.142. The van der Waals surface area contributed by atoms with Crippen LogP contribution in [0.4, 0.5) is 0 Å². The molecule has 1 aliphatic rings. The fourth-order valence-corrected chi connectivity index (χ4v) is 1.81. The molecule has 0 aromatic rings. The minimum absolute atomic E-state index is 0.173. The van der Waals surface area contributed by atoms with Crippen LogP contribution < -0.4 is 10.6 Å². The number of rotatable bonds is 7. The Balaban J connectivity index is 2.44. The smallest absolute Gasteiger partial charge is 0.326 e. The van der Waals surface area contributed by atoms with Crippen molar-refractivity contribution in [2.75, 3.05) is 0 Å². The molecule has 1 heterocycles. The third-order valence-corrected chi connectivity index (χ3v) is 2.83. The second-order valence-electron chi connectivity index (χ2n) is 4.28. The first-order chi connectivity index (χ1) is 8.54. The highest BCUT2D eigenvalue weighted by molar-refractivity contribution is 5.92. The molecule has 0 bridgehead atoms. The van der Waals surface area contributed by atoms with Crippen LogP contribution in [0.2, 0.25) is 0 Å². The molecule has 0 unspecified atom stereocenters. The van der Waals surface area contributed by atoms with Crippen molar-refractivity contribution in [1.82, 2.24) is 10.6 Å². The van der Waals surface area contributed by atoms with E-state index in [1.54, 1.807) is 6.08 Å². The number of hydrogen-bond donors (Lipinski definition) is 3. The Morgan fingerprint density at radius 3 is 2.83 bits per heavy atom. The van der Waals surface area contributed by atoms with Gasteiger partial charge in [0, 0.05) is 6.42 Å². The molecule has 18 heavy (non-hydrogen) atoms. The van der Waals surface area contributed by atoms with Crippen LogP contribution in [0.3, 0.4) is 0 Å². The molecular weight excluding hydrogens is 236 g/mol. The molecule has 2 amide bonds. The molecule has 6 heteroatoms. The number of carboxylic acids is 1. The van der Waals surface area contributed by atoms with E-state index in [9.17, 15) is 14.4 Å². The molecule has 0 aromatic carbocycles. The van der Waals surface area contributed by atoms with Gasteiger partial charge in [-0.15, -0.1) is 6.58 Å². The van der Waals surface area contributed by atoms with Gasteiger partial charge in [0.1, 0.15) is 12.1 Å². The summed E-state index contributed by atoms with van der Waals surface area (Å²) in [5, 5.41) is 13.9. The molecule has 0 aliphatic carbocycles. The summed E-state index contributed by atoms with van der Waals surface area (Å²) in [5.74, 6) is -1.66. The van der Waals surface area contributed by atoms with Gasteiger partial charge in [-0.05, 0) is 25.7 Å². The summed E-state index contributed by atoms with van der Waals surface area (Å²) in [7, 11) is 0. The number of unbranched alkanes of at least 4 members (excludes halogenated alkanes) is 1. The highest BCUT2D eigenvalue weighted by atomic mass is 16.4. The molecule has 1 aliphatic heterocycles. The van der Waals surface area contributed by atoms with Gasteiger partial charge in [-0.25, -0.2) is 4.79 Å². The molecule has 0 aromatic heterocycles. The first-order valence-corrected chi connectivity index (χ1v) is 5.98. The number of allylic oxidation sites excluding steroid dienone is 1. The first kappa shape index (κ1) is 14.2. The lowest BCUT2D eigenvalue weighted by Crippen LogP contribution is -2.48. The summed E-state index contributed by atoms with van der Waals surface area (Å²) in [6, 6.07) is -1.51. The molecule has 1 saturated heterocycles. The number of nitrogens with one attached hydrogen (secondary N) is 2. The Hall–Kier alpha value is -1.85. The van der Waals surface area contributed by atoms with Crippen LogP contribution in [0, 0.1) is 0 Å². The van der Waals surface area contributed by atoms with E-state index in [1.807, 2.05) is 0 Å². The van der Waals surface area contributed by atoms with Crippen LogP contribution in [0.1, 0.15) is 32.1 Å². The number of carbonyl (C=O) groups is 3. The van der Waals surface area contributed by atoms with Gasteiger partial charge in [0.15, 0.2) is 0 Å². The Morgan fingerprint density at radius 1 is 1.61 bits per heavy atom. The molecular formula is C12H18N2O4. The number of carboxylic acid groups (broad SMARTS) is 1. The Morgan fingerprint density at radius 2 is 2.33 bits per heavy atom. The third-order valence-electron chi connectivity index (χ3n) is 2.83. The maximum atomic E-state index is 11.7. The summed E-state index contributed by atoms with van der Waals surface area (Å²) in [4.78, 5) is 33.7. The zero-order valence-electron chi connectivity index (χ0n) is 10.1. The molecule has 100 valence electrons. The molecule has 1 rings (SSSR count). The predicted octanol–water partition coefficient (Wildman–Crippen LogP) is 0.191. The third kappa shape index (κ3) is 4.20. The van der Waals surface area contributed by atoms with Crippen molar-refractivity contribution in [3.63, 3.8) is 0 Å². The van der Waals surface area contributed by atoms with Gasteiger partial charge in [0.05, 0.1) is 0 Å². The molecule has 0 saturated carbocycles. The SMILES string of the molecule is C=CCCC[C@@H](NC(=O)[C@@H]1CCC(=O)N1)C(=O)O. The molecule has 0 radical (unpaired) electrons.